The summed E-state index contributed by atoms with van der Waals surface area (Å²) in [5.74, 6) is -0.298. The van der Waals surface area contributed by atoms with Crippen molar-refractivity contribution in [2.45, 2.75) is 0 Å². The molecule has 0 amide bonds. The topological polar surface area (TPSA) is 26.9 Å². The quantitative estimate of drug-likeness (QED) is 0.428. The predicted molar refractivity (Wildman–Crippen MR) is 42.9 cm³/mol. The molecule has 12 heavy (non-hydrogen) atoms. The summed E-state index contributed by atoms with van der Waals surface area (Å²) in [6.07, 6.45) is 2.63. The minimum Gasteiger partial charge on any atom is -0.619 e. The Hall–Kier alpha value is -1.64. The SMILES string of the molecule is [O-][n+]1ccc2c(F)cccc2c1. The molecule has 1 aromatic heterocycles. The van der Waals surface area contributed by atoms with Crippen molar-refractivity contribution < 1.29 is 9.12 Å². The molecule has 0 saturated carbocycles. The van der Waals surface area contributed by atoms with Crippen LogP contribution in [0.5, 0.6) is 0 Å². The van der Waals surface area contributed by atoms with E-state index in [-0.39, 0.29) is 5.82 Å². The Morgan fingerprint density at radius 1 is 1.25 bits per heavy atom. The van der Waals surface area contributed by atoms with Gasteiger partial charge >= 0.3 is 0 Å². The third-order valence-corrected chi connectivity index (χ3v) is 1.74. The third-order valence-electron chi connectivity index (χ3n) is 1.74. The molecule has 0 atom stereocenters. The highest BCUT2D eigenvalue weighted by Gasteiger charge is 2.01. The van der Waals surface area contributed by atoms with Gasteiger partial charge in [0.1, 0.15) is 5.82 Å². The number of hydrogen-bond donors (Lipinski definition) is 0. The summed E-state index contributed by atoms with van der Waals surface area (Å²) >= 11 is 0. The summed E-state index contributed by atoms with van der Waals surface area (Å²) < 4.78 is 13.7. The highest BCUT2D eigenvalue weighted by Crippen LogP contribution is 2.14. The summed E-state index contributed by atoms with van der Waals surface area (Å²) in [5.41, 5.74) is 0. The average molecular weight is 163 g/mol. The van der Waals surface area contributed by atoms with Crippen LogP contribution in [0.3, 0.4) is 0 Å². The van der Waals surface area contributed by atoms with Crippen molar-refractivity contribution in [1.29, 1.82) is 0 Å². The summed E-state index contributed by atoms with van der Waals surface area (Å²) in [5, 5.41) is 11.9. The van der Waals surface area contributed by atoms with E-state index in [0.29, 0.717) is 15.5 Å². The highest BCUT2D eigenvalue weighted by atomic mass is 19.1. The first kappa shape index (κ1) is 7.03. The molecule has 0 aliphatic carbocycles. The lowest BCUT2D eigenvalue weighted by Crippen LogP contribution is -2.23. The van der Waals surface area contributed by atoms with E-state index in [1.807, 2.05) is 0 Å². The number of aromatic nitrogens is 1. The van der Waals surface area contributed by atoms with Gasteiger partial charge in [0, 0.05) is 16.8 Å². The zero-order valence-electron chi connectivity index (χ0n) is 6.20. The molecule has 2 nitrogen and oxygen atoms in total. The molecule has 1 aromatic carbocycles. The maximum absolute atomic E-state index is 13.0. The molecule has 0 saturated heterocycles. The van der Waals surface area contributed by atoms with Gasteiger partial charge in [0.15, 0.2) is 12.4 Å². The number of benzene rings is 1. The zero-order chi connectivity index (χ0) is 8.55. The molecular formula is C9H6FNO. The molecule has 0 unspecified atom stereocenters. The van der Waals surface area contributed by atoms with Gasteiger partial charge in [-0.2, -0.15) is 4.73 Å². The first-order valence-corrected chi connectivity index (χ1v) is 3.54. The second kappa shape index (κ2) is 2.44. The lowest BCUT2D eigenvalue weighted by Gasteiger charge is -1.98. The Morgan fingerprint density at radius 3 is 2.92 bits per heavy atom. The van der Waals surface area contributed by atoms with Gasteiger partial charge < -0.3 is 5.21 Å². The van der Waals surface area contributed by atoms with Crippen LogP contribution in [0.1, 0.15) is 0 Å². The Bertz CT molecular complexity index is 428. The van der Waals surface area contributed by atoms with Crippen LogP contribution in [0.25, 0.3) is 10.8 Å². The molecule has 0 aliphatic rings. The fourth-order valence-corrected chi connectivity index (χ4v) is 1.17. The van der Waals surface area contributed by atoms with E-state index in [1.165, 1.54) is 24.5 Å². The number of rotatable bonds is 0. The molecule has 1 heterocycles. The summed E-state index contributed by atoms with van der Waals surface area (Å²) in [6.45, 7) is 0. The normalized spacial score (nSPS) is 10.4. The Labute approximate surface area is 68.5 Å². The second-order valence-electron chi connectivity index (χ2n) is 2.55. The lowest BCUT2D eigenvalue weighted by atomic mass is 10.2. The minimum atomic E-state index is -0.298. The van der Waals surface area contributed by atoms with Crippen molar-refractivity contribution in [3.63, 3.8) is 0 Å². The molecule has 0 spiro atoms. The van der Waals surface area contributed by atoms with Crippen LogP contribution in [0.2, 0.25) is 0 Å². The van der Waals surface area contributed by atoms with E-state index in [1.54, 1.807) is 12.1 Å². The van der Waals surface area contributed by atoms with E-state index in [9.17, 15) is 9.60 Å². The number of hydrogen-bond acceptors (Lipinski definition) is 1. The third kappa shape index (κ3) is 0.993. The number of nitrogens with zero attached hydrogens (tertiary/aromatic N) is 1. The van der Waals surface area contributed by atoms with E-state index >= 15 is 0 Å². The first-order chi connectivity index (χ1) is 5.77. The molecular weight excluding hydrogens is 157 g/mol. The second-order valence-corrected chi connectivity index (χ2v) is 2.55. The molecule has 60 valence electrons. The van der Waals surface area contributed by atoms with E-state index in [2.05, 4.69) is 0 Å². The Balaban J connectivity index is 2.86. The van der Waals surface area contributed by atoms with Gasteiger partial charge in [-0.25, -0.2) is 4.39 Å². The van der Waals surface area contributed by atoms with Crippen molar-refractivity contribution in [1.82, 2.24) is 0 Å². The van der Waals surface area contributed by atoms with Gasteiger partial charge in [-0.1, -0.05) is 6.07 Å². The van der Waals surface area contributed by atoms with E-state index < -0.39 is 0 Å². The average Bonchev–Trinajstić information content (AvgIpc) is 2.04. The maximum Gasteiger partial charge on any atom is 0.188 e. The number of pyridine rings is 1. The van der Waals surface area contributed by atoms with Crippen LogP contribution in [-0.2, 0) is 0 Å². The smallest absolute Gasteiger partial charge is 0.188 e. The fourth-order valence-electron chi connectivity index (χ4n) is 1.17. The van der Waals surface area contributed by atoms with Crippen LogP contribution in [-0.4, -0.2) is 0 Å². The molecule has 0 radical (unpaired) electrons. The molecule has 2 aromatic rings. The molecule has 2 rings (SSSR count). The summed E-state index contributed by atoms with van der Waals surface area (Å²) in [4.78, 5) is 0. The first-order valence-electron chi connectivity index (χ1n) is 3.54. The number of halogens is 1. The van der Waals surface area contributed by atoms with Crippen molar-refractivity contribution >= 4 is 10.8 Å². The van der Waals surface area contributed by atoms with Crippen molar-refractivity contribution in [2.75, 3.05) is 0 Å². The van der Waals surface area contributed by atoms with Crippen LogP contribution in [0.4, 0.5) is 4.39 Å². The minimum absolute atomic E-state index is 0.298. The highest BCUT2D eigenvalue weighted by molar-refractivity contribution is 5.81. The van der Waals surface area contributed by atoms with Crippen LogP contribution in [0.15, 0.2) is 36.7 Å². The van der Waals surface area contributed by atoms with Gasteiger partial charge in [-0.05, 0) is 12.1 Å². The molecule has 0 bridgehead atoms. The van der Waals surface area contributed by atoms with Crippen LogP contribution < -0.4 is 4.73 Å². The van der Waals surface area contributed by atoms with Gasteiger partial charge in [0.2, 0.25) is 0 Å². The fraction of sp³-hybridized carbons (Fsp3) is 0. The lowest BCUT2D eigenvalue weighted by molar-refractivity contribution is -0.603. The van der Waals surface area contributed by atoms with Crippen LogP contribution in [0, 0.1) is 11.0 Å². The van der Waals surface area contributed by atoms with Crippen LogP contribution >= 0.6 is 0 Å². The van der Waals surface area contributed by atoms with Gasteiger partial charge in [-0.3, -0.25) is 0 Å². The predicted octanol–water partition coefficient (Wildman–Crippen LogP) is 1.61. The largest absolute Gasteiger partial charge is 0.619 e. The Kier molecular flexibility index (Phi) is 1.43. The summed E-state index contributed by atoms with van der Waals surface area (Å²) in [7, 11) is 0. The van der Waals surface area contributed by atoms with Crippen molar-refractivity contribution in [3.8, 4) is 0 Å². The van der Waals surface area contributed by atoms with E-state index in [4.69, 9.17) is 0 Å². The van der Waals surface area contributed by atoms with Gasteiger partial charge in [0.25, 0.3) is 0 Å². The van der Waals surface area contributed by atoms with Crippen molar-refractivity contribution in [3.05, 3.63) is 47.7 Å². The van der Waals surface area contributed by atoms with Crippen molar-refractivity contribution in [2.24, 2.45) is 0 Å². The maximum atomic E-state index is 13.0. The standard InChI is InChI=1S/C9H6FNO/c10-9-3-1-2-7-6-11(12)5-4-8(7)9/h1-6H. The molecule has 3 heteroatoms. The zero-order valence-corrected chi connectivity index (χ0v) is 6.20. The number of fused-ring (bicyclic) bond motifs is 1. The van der Waals surface area contributed by atoms with Gasteiger partial charge in [0.05, 0.1) is 0 Å². The monoisotopic (exact) mass is 163 g/mol. The Morgan fingerprint density at radius 2 is 2.08 bits per heavy atom. The molecule has 0 fully saturated rings. The molecule has 0 N–H and O–H groups in total. The van der Waals surface area contributed by atoms with E-state index in [0.717, 1.165) is 0 Å². The van der Waals surface area contributed by atoms with Gasteiger partial charge in [-0.15, -0.1) is 0 Å². The summed E-state index contributed by atoms with van der Waals surface area (Å²) in [6, 6.07) is 6.12. The molecule has 0 aliphatic heterocycles.